The van der Waals surface area contributed by atoms with Crippen molar-refractivity contribution in [1.29, 1.82) is 0 Å². The van der Waals surface area contributed by atoms with Gasteiger partial charge in [0.05, 0.1) is 25.9 Å². The van der Waals surface area contributed by atoms with Crippen LogP contribution in [0, 0.1) is 5.92 Å². The molecule has 1 amide bonds. The van der Waals surface area contributed by atoms with Gasteiger partial charge in [-0.15, -0.1) is 0 Å². The minimum Gasteiger partial charge on any atom is -0.465 e. The molecule has 4 N–H and O–H groups in total. The van der Waals surface area contributed by atoms with E-state index in [4.69, 9.17) is 20.9 Å². The third-order valence-electron chi connectivity index (χ3n) is 6.47. The van der Waals surface area contributed by atoms with Gasteiger partial charge in [-0.25, -0.2) is 0 Å². The van der Waals surface area contributed by atoms with Gasteiger partial charge in [-0.2, -0.15) is 0 Å². The molecule has 1 heterocycles. The highest BCUT2D eigenvalue weighted by Gasteiger charge is 2.29. The molecule has 0 aliphatic carbocycles. The second-order valence-corrected chi connectivity index (χ2v) is 9.13. The van der Waals surface area contributed by atoms with Crippen molar-refractivity contribution in [3.8, 4) is 0 Å². The van der Waals surface area contributed by atoms with Crippen LogP contribution in [0.2, 0.25) is 0 Å². The number of carbonyl (C=O) groups is 3. The molecule has 1 aliphatic heterocycles. The second kappa shape index (κ2) is 13.9. The highest BCUT2D eigenvalue weighted by molar-refractivity contribution is 5.94. The summed E-state index contributed by atoms with van der Waals surface area (Å²) in [7, 11) is 0. The van der Waals surface area contributed by atoms with Crippen LogP contribution in [0.1, 0.15) is 41.3 Å². The van der Waals surface area contributed by atoms with Gasteiger partial charge in [0, 0.05) is 24.6 Å². The summed E-state index contributed by atoms with van der Waals surface area (Å²) in [5.74, 6) is -1.14. The number of aryl methyl sites for hydroxylation is 1. The van der Waals surface area contributed by atoms with Crippen molar-refractivity contribution in [2.24, 2.45) is 17.4 Å². The predicted molar refractivity (Wildman–Crippen MR) is 137 cm³/mol. The zero-order chi connectivity index (χ0) is 25.9. The summed E-state index contributed by atoms with van der Waals surface area (Å²) in [4.78, 5) is 39.9. The number of nitrogens with zero attached hydrogens (tertiary/aromatic N) is 1. The highest BCUT2D eigenvalue weighted by Crippen LogP contribution is 2.20. The van der Waals surface area contributed by atoms with Gasteiger partial charge in [0.15, 0.2) is 5.78 Å². The van der Waals surface area contributed by atoms with Crippen LogP contribution in [0.5, 0.6) is 0 Å². The van der Waals surface area contributed by atoms with Crippen molar-refractivity contribution in [3.63, 3.8) is 0 Å². The van der Waals surface area contributed by atoms with Crippen molar-refractivity contribution in [2.75, 3.05) is 32.9 Å². The fraction of sp³-hybridized carbons (Fsp3) is 0.464. The van der Waals surface area contributed by atoms with E-state index >= 15 is 0 Å². The summed E-state index contributed by atoms with van der Waals surface area (Å²) in [5, 5.41) is 0. The van der Waals surface area contributed by atoms with Gasteiger partial charge in [-0.1, -0.05) is 42.5 Å². The molecule has 1 saturated heterocycles. The molecule has 194 valence electrons. The van der Waals surface area contributed by atoms with Crippen molar-refractivity contribution in [3.05, 3.63) is 71.3 Å². The van der Waals surface area contributed by atoms with E-state index in [1.807, 2.05) is 42.5 Å². The summed E-state index contributed by atoms with van der Waals surface area (Å²) in [6.07, 6.45) is 1.74. The van der Waals surface area contributed by atoms with Gasteiger partial charge in [0.1, 0.15) is 6.04 Å². The number of amides is 1. The molecule has 3 atom stereocenters. The molecule has 0 radical (unpaired) electrons. The Bertz CT molecular complexity index is 990. The van der Waals surface area contributed by atoms with E-state index in [0.717, 1.165) is 11.1 Å². The lowest BCUT2D eigenvalue weighted by Crippen LogP contribution is -2.42. The largest absolute Gasteiger partial charge is 0.465 e. The van der Waals surface area contributed by atoms with Crippen molar-refractivity contribution in [1.82, 2.24) is 4.90 Å². The van der Waals surface area contributed by atoms with Crippen LogP contribution in [-0.2, 0) is 31.9 Å². The lowest BCUT2D eigenvalue weighted by atomic mass is 9.85. The molecule has 2 aromatic rings. The van der Waals surface area contributed by atoms with Gasteiger partial charge in [0.2, 0.25) is 0 Å². The predicted octanol–water partition coefficient (Wildman–Crippen LogP) is 2.13. The molecule has 1 aliphatic rings. The third-order valence-corrected chi connectivity index (χ3v) is 6.47. The Morgan fingerprint density at radius 1 is 0.944 bits per heavy atom. The topological polar surface area (TPSA) is 125 Å². The number of ketones is 1. The van der Waals surface area contributed by atoms with Gasteiger partial charge in [-0.3, -0.25) is 14.4 Å². The Morgan fingerprint density at radius 2 is 1.61 bits per heavy atom. The van der Waals surface area contributed by atoms with Crippen LogP contribution in [0.25, 0.3) is 0 Å². The number of carbonyl (C=O) groups excluding carboxylic acids is 3. The van der Waals surface area contributed by atoms with Crippen LogP contribution in [0.3, 0.4) is 0 Å². The summed E-state index contributed by atoms with van der Waals surface area (Å²) in [5.41, 5.74) is 15.0. The maximum absolute atomic E-state index is 13.4. The maximum Gasteiger partial charge on any atom is 0.322 e. The van der Waals surface area contributed by atoms with Crippen LogP contribution in [0.15, 0.2) is 54.6 Å². The number of hydrogen-bond donors (Lipinski definition) is 2. The zero-order valence-corrected chi connectivity index (χ0v) is 20.9. The number of ether oxygens (including phenoxy) is 2. The van der Waals surface area contributed by atoms with Crippen LogP contribution in [-0.4, -0.2) is 67.6 Å². The Hall–Kier alpha value is -3.07. The summed E-state index contributed by atoms with van der Waals surface area (Å²) >= 11 is 0. The summed E-state index contributed by atoms with van der Waals surface area (Å²) < 4.78 is 10.3. The fourth-order valence-corrected chi connectivity index (χ4v) is 4.40. The Labute approximate surface area is 212 Å². The molecule has 2 aromatic carbocycles. The molecule has 0 aromatic heterocycles. The Kier molecular flexibility index (Phi) is 10.6. The normalized spacial score (nSPS) is 16.1. The number of nitrogens with two attached hydrogens (primary N) is 2. The first-order chi connectivity index (χ1) is 17.4. The molecule has 36 heavy (non-hydrogen) atoms. The van der Waals surface area contributed by atoms with Crippen LogP contribution in [0.4, 0.5) is 0 Å². The summed E-state index contributed by atoms with van der Waals surface area (Å²) in [6.45, 7) is 4.21. The number of rotatable bonds is 12. The van der Waals surface area contributed by atoms with E-state index in [0.29, 0.717) is 51.1 Å². The molecule has 0 spiro atoms. The molecule has 0 bridgehead atoms. The van der Waals surface area contributed by atoms with Gasteiger partial charge >= 0.3 is 5.97 Å². The standard InChI is InChI=1S/C28H37N3O5/c1-2-36-28(34)25(30)19-23(13-8-20-6-4-3-5-7-20)26(32)24(29)18-21-9-11-22(12-10-21)27(33)31-14-16-35-17-15-31/h3-7,9-12,23-25H,2,8,13-19,29-30H2,1H3/t23?,24-,25-/m0/s1. The van der Waals surface area contributed by atoms with E-state index < -0.39 is 24.0 Å². The van der Waals surface area contributed by atoms with Crippen molar-refractivity contribution < 1.29 is 23.9 Å². The smallest absolute Gasteiger partial charge is 0.322 e. The van der Waals surface area contributed by atoms with Crippen molar-refractivity contribution in [2.45, 2.75) is 44.7 Å². The van der Waals surface area contributed by atoms with Crippen molar-refractivity contribution >= 4 is 17.7 Å². The number of esters is 1. The first-order valence-electron chi connectivity index (χ1n) is 12.6. The van der Waals surface area contributed by atoms with Gasteiger partial charge < -0.3 is 25.8 Å². The number of Topliss-reactive ketones (excluding diaryl/α,β-unsaturated/α-hetero) is 1. The highest BCUT2D eigenvalue weighted by atomic mass is 16.5. The Balaban J connectivity index is 1.63. The minimum absolute atomic E-state index is 0.0286. The fourth-order valence-electron chi connectivity index (χ4n) is 4.40. The lowest BCUT2D eigenvalue weighted by molar-refractivity contribution is -0.145. The molecule has 8 nitrogen and oxygen atoms in total. The molecule has 3 rings (SSSR count). The number of benzene rings is 2. The average Bonchev–Trinajstić information content (AvgIpc) is 2.91. The maximum atomic E-state index is 13.4. The molecule has 1 fully saturated rings. The number of morpholine rings is 1. The molecule has 0 saturated carbocycles. The van der Waals surface area contributed by atoms with E-state index in [9.17, 15) is 14.4 Å². The first-order valence-corrected chi connectivity index (χ1v) is 12.6. The molecule has 8 heteroatoms. The minimum atomic E-state index is -0.882. The average molecular weight is 496 g/mol. The molecular formula is C28H37N3O5. The van der Waals surface area contributed by atoms with Crippen LogP contribution >= 0.6 is 0 Å². The Morgan fingerprint density at radius 3 is 2.25 bits per heavy atom. The zero-order valence-electron chi connectivity index (χ0n) is 20.9. The third kappa shape index (κ3) is 7.98. The SMILES string of the molecule is CCOC(=O)[C@@H](N)CC(CCc1ccccc1)C(=O)[C@@H](N)Cc1ccc(C(=O)N2CCOCC2)cc1. The molecular weight excluding hydrogens is 458 g/mol. The van der Waals surface area contributed by atoms with E-state index in [2.05, 4.69) is 0 Å². The van der Waals surface area contributed by atoms with E-state index in [1.54, 1.807) is 24.0 Å². The monoisotopic (exact) mass is 495 g/mol. The van der Waals surface area contributed by atoms with Crippen LogP contribution < -0.4 is 11.5 Å². The second-order valence-electron chi connectivity index (χ2n) is 9.13. The quantitative estimate of drug-likeness (QED) is 0.432. The van der Waals surface area contributed by atoms with Gasteiger partial charge in [0.25, 0.3) is 5.91 Å². The molecule has 1 unspecified atom stereocenters. The summed E-state index contributed by atoms with van der Waals surface area (Å²) in [6, 6.07) is 15.5. The van der Waals surface area contributed by atoms with E-state index in [1.165, 1.54) is 0 Å². The number of hydrogen-bond acceptors (Lipinski definition) is 7. The first kappa shape index (κ1) is 27.5. The lowest BCUT2D eigenvalue weighted by Gasteiger charge is -2.27. The van der Waals surface area contributed by atoms with Gasteiger partial charge in [-0.05, 0) is 55.9 Å². The van der Waals surface area contributed by atoms with E-state index in [-0.39, 0.29) is 24.7 Å².